The summed E-state index contributed by atoms with van der Waals surface area (Å²) in [4.78, 5) is 56.9. The fourth-order valence-corrected chi connectivity index (χ4v) is 7.57. The molecule has 5 aliphatic rings. The highest BCUT2D eigenvalue weighted by Crippen LogP contribution is 2.54. The number of hydrogen-bond donors (Lipinski definition) is 2. The number of amides is 2. The van der Waals surface area contributed by atoms with Crippen LogP contribution in [0.3, 0.4) is 0 Å². The van der Waals surface area contributed by atoms with E-state index in [1.165, 1.54) is 7.11 Å². The first-order chi connectivity index (χ1) is 20.8. The smallest absolute Gasteiger partial charge is 0.337 e. The molecule has 0 radical (unpaired) electrons. The SMILES string of the molecule is C=C(C1CCOCC1)N1/C(=C\C)C(=O)Nc2cc3c(cc21)C1CC2(CCN1C3=O)C(=O)CNc1ccc(C(=O)OC)cc12. The first-order valence-electron chi connectivity index (χ1n) is 14.8. The highest BCUT2D eigenvalue weighted by atomic mass is 16.5. The molecule has 5 heterocycles. The van der Waals surface area contributed by atoms with Gasteiger partial charge in [-0.25, -0.2) is 4.79 Å². The van der Waals surface area contributed by atoms with Gasteiger partial charge in [-0.2, -0.15) is 0 Å². The molecule has 10 heteroatoms. The van der Waals surface area contributed by atoms with Gasteiger partial charge in [0.2, 0.25) is 0 Å². The van der Waals surface area contributed by atoms with Crippen molar-refractivity contribution in [2.75, 3.05) is 48.9 Å². The summed E-state index contributed by atoms with van der Waals surface area (Å²) in [5.41, 5.74) is 5.11. The molecule has 2 atom stereocenters. The Bertz CT molecular complexity index is 1640. The standard InChI is InChI=1S/C33H34N4O6/c1-4-26-30(39)35-25-14-22-21(15-27(25)37(26)18(2)19-7-11-43-12-8-19)28-16-33(9-10-36(28)31(22)40)23-13-20(32(41)42-3)5-6-24(23)34-17-29(33)38/h4-6,13-15,19,28,34H,2,7-12,16-17H2,1,3H3,(H,35,39)/b26-4-. The second-order valence-electron chi connectivity index (χ2n) is 11.9. The van der Waals surface area contributed by atoms with Gasteiger partial charge in [0.1, 0.15) is 5.70 Å². The maximum atomic E-state index is 13.8. The van der Waals surface area contributed by atoms with Crippen LogP contribution in [0.15, 0.2) is 54.4 Å². The number of Topliss-reactive ketones (excluding diaryl/α,β-unsaturated/α-hetero) is 1. The molecule has 0 saturated carbocycles. The van der Waals surface area contributed by atoms with Gasteiger partial charge in [-0.05, 0) is 74.1 Å². The van der Waals surface area contributed by atoms with Crippen molar-refractivity contribution in [2.45, 2.75) is 44.1 Å². The number of allylic oxidation sites excluding steroid dienone is 2. The Labute approximate surface area is 249 Å². The molecular weight excluding hydrogens is 548 g/mol. The molecule has 2 aromatic carbocycles. The molecule has 222 valence electrons. The Kier molecular flexibility index (Phi) is 6.42. The summed E-state index contributed by atoms with van der Waals surface area (Å²) in [5.74, 6) is -0.627. The van der Waals surface area contributed by atoms with Crippen LogP contribution in [-0.2, 0) is 24.5 Å². The molecule has 2 unspecified atom stereocenters. The van der Waals surface area contributed by atoms with Crippen molar-refractivity contribution in [2.24, 2.45) is 5.92 Å². The third kappa shape index (κ3) is 4.03. The lowest BCUT2D eigenvalue weighted by Gasteiger charge is -2.46. The molecule has 0 aliphatic carbocycles. The zero-order valence-electron chi connectivity index (χ0n) is 24.3. The van der Waals surface area contributed by atoms with Gasteiger partial charge in [-0.1, -0.05) is 12.7 Å². The van der Waals surface area contributed by atoms with Crippen molar-refractivity contribution < 1.29 is 28.7 Å². The third-order valence-corrected chi connectivity index (χ3v) is 9.86. The zero-order valence-corrected chi connectivity index (χ0v) is 24.3. The molecule has 0 bridgehead atoms. The van der Waals surface area contributed by atoms with E-state index in [2.05, 4.69) is 17.2 Å². The second-order valence-corrected chi connectivity index (χ2v) is 11.9. The van der Waals surface area contributed by atoms with Crippen LogP contribution in [0.5, 0.6) is 0 Å². The van der Waals surface area contributed by atoms with Crippen LogP contribution in [0, 0.1) is 5.92 Å². The van der Waals surface area contributed by atoms with Crippen molar-refractivity contribution in [1.29, 1.82) is 0 Å². The first kappa shape index (κ1) is 27.4. The van der Waals surface area contributed by atoms with E-state index in [1.54, 1.807) is 24.3 Å². The predicted octanol–water partition coefficient (Wildman–Crippen LogP) is 4.30. The minimum Gasteiger partial charge on any atom is -0.465 e. The molecule has 2 amide bonds. The topological polar surface area (TPSA) is 117 Å². The number of carbonyl (C=O) groups excluding carboxylic acids is 4. The van der Waals surface area contributed by atoms with Crippen molar-refractivity contribution in [3.63, 3.8) is 0 Å². The average molecular weight is 583 g/mol. The van der Waals surface area contributed by atoms with Gasteiger partial charge < -0.3 is 29.9 Å². The van der Waals surface area contributed by atoms with E-state index in [-0.39, 0.29) is 36.1 Å². The van der Waals surface area contributed by atoms with Crippen LogP contribution >= 0.6 is 0 Å². The number of fused-ring (bicyclic) bond motifs is 6. The lowest BCUT2D eigenvalue weighted by atomic mass is 9.65. The van der Waals surface area contributed by atoms with Gasteiger partial charge in [-0.15, -0.1) is 0 Å². The van der Waals surface area contributed by atoms with Crippen LogP contribution in [0.1, 0.15) is 70.5 Å². The Balaban J connectivity index is 1.32. The summed E-state index contributed by atoms with van der Waals surface area (Å²) in [5, 5.41) is 6.20. The highest BCUT2D eigenvalue weighted by molar-refractivity contribution is 6.14. The van der Waals surface area contributed by atoms with Crippen molar-refractivity contribution in [1.82, 2.24) is 4.90 Å². The number of ether oxygens (including phenoxy) is 2. The molecule has 0 aromatic heterocycles. The van der Waals surface area contributed by atoms with Crippen molar-refractivity contribution in [3.8, 4) is 0 Å². The molecule has 10 nitrogen and oxygen atoms in total. The lowest BCUT2D eigenvalue weighted by Crippen LogP contribution is -2.52. The van der Waals surface area contributed by atoms with Crippen LogP contribution in [0.4, 0.5) is 17.1 Å². The summed E-state index contributed by atoms with van der Waals surface area (Å²) in [6.07, 6.45) is 4.26. The third-order valence-electron chi connectivity index (χ3n) is 9.86. The quantitative estimate of drug-likeness (QED) is 0.407. The van der Waals surface area contributed by atoms with E-state index in [4.69, 9.17) is 9.47 Å². The van der Waals surface area contributed by atoms with E-state index < -0.39 is 11.4 Å². The lowest BCUT2D eigenvalue weighted by molar-refractivity contribution is -0.125. The monoisotopic (exact) mass is 582 g/mol. The van der Waals surface area contributed by atoms with Gasteiger partial charge in [0, 0.05) is 42.6 Å². The summed E-state index contributed by atoms with van der Waals surface area (Å²) in [6.45, 7) is 8.12. The van der Waals surface area contributed by atoms with Gasteiger partial charge in [-0.3, -0.25) is 14.4 Å². The van der Waals surface area contributed by atoms with Crippen LogP contribution in [0.25, 0.3) is 0 Å². The largest absolute Gasteiger partial charge is 0.465 e. The van der Waals surface area contributed by atoms with Crippen LogP contribution in [-0.4, -0.2) is 61.9 Å². The van der Waals surface area contributed by atoms with E-state index in [0.717, 1.165) is 41.0 Å². The highest BCUT2D eigenvalue weighted by Gasteiger charge is 2.53. The number of hydrogen-bond acceptors (Lipinski definition) is 8. The fourth-order valence-electron chi connectivity index (χ4n) is 7.57. The van der Waals surface area contributed by atoms with E-state index in [9.17, 15) is 19.2 Å². The summed E-state index contributed by atoms with van der Waals surface area (Å²) < 4.78 is 10.5. The number of nitrogens with zero attached hydrogens (tertiary/aromatic N) is 2. The van der Waals surface area contributed by atoms with E-state index in [0.29, 0.717) is 55.1 Å². The summed E-state index contributed by atoms with van der Waals surface area (Å²) in [6, 6.07) is 8.72. The Morgan fingerprint density at radius 1 is 1.14 bits per heavy atom. The summed E-state index contributed by atoms with van der Waals surface area (Å²) in [7, 11) is 1.34. The van der Waals surface area contributed by atoms with Crippen LogP contribution < -0.4 is 15.5 Å². The number of benzene rings is 2. The van der Waals surface area contributed by atoms with Crippen molar-refractivity contribution in [3.05, 3.63) is 76.6 Å². The summed E-state index contributed by atoms with van der Waals surface area (Å²) >= 11 is 0. The molecule has 2 saturated heterocycles. The molecule has 5 aliphatic heterocycles. The number of esters is 1. The van der Waals surface area contributed by atoms with E-state index >= 15 is 0 Å². The number of ketones is 1. The fraction of sp³-hybridized carbons (Fsp3) is 0.394. The molecule has 43 heavy (non-hydrogen) atoms. The van der Waals surface area contributed by atoms with Gasteiger partial charge in [0.25, 0.3) is 11.8 Å². The normalized spacial score (nSPS) is 25.5. The maximum Gasteiger partial charge on any atom is 0.337 e. The molecule has 2 aromatic rings. The minimum absolute atomic E-state index is 0.0403. The first-order valence-corrected chi connectivity index (χ1v) is 14.8. The van der Waals surface area contributed by atoms with Gasteiger partial charge in [0.15, 0.2) is 5.78 Å². The Morgan fingerprint density at radius 2 is 1.93 bits per heavy atom. The average Bonchev–Trinajstić information content (AvgIpc) is 3.30. The van der Waals surface area contributed by atoms with Gasteiger partial charge >= 0.3 is 5.97 Å². The molecule has 7 rings (SSSR count). The van der Waals surface area contributed by atoms with E-state index in [1.807, 2.05) is 28.9 Å². The van der Waals surface area contributed by atoms with Crippen molar-refractivity contribution >= 4 is 40.6 Å². The number of piperidine rings is 1. The Morgan fingerprint density at radius 3 is 2.67 bits per heavy atom. The predicted molar refractivity (Wildman–Crippen MR) is 160 cm³/mol. The maximum absolute atomic E-state index is 13.8. The second kappa shape index (κ2) is 10.1. The molecule has 2 N–H and O–H groups in total. The number of nitrogens with one attached hydrogen (secondary N) is 2. The number of methoxy groups -OCH3 is 1. The zero-order chi connectivity index (χ0) is 30.0. The molecular formula is C33H34N4O6. The Hall–Kier alpha value is -4.44. The molecule has 2 fully saturated rings. The minimum atomic E-state index is -0.863. The van der Waals surface area contributed by atoms with Crippen LogP contribution in [0.2, 0.25) is 0 Å². The number of carbonyl (C=O) groups is 4. The van der Waals surface area contributed by atoms with Gasteiger partial charge in [0.05, 0.1) is 42.0 Å². The number of anilines is 3. The number of rotatable bonds is 3. The molecule has 1 spiro atoms.